The van der Waals surface area contributed by atoms with Gasteiger partial charge in [-0.2, -0.15) is 0 Å². The summed E-state index contributed by atoms with van der Waals surface area (Å²) in [4.78, 5) is 18.6. The third kappa shape index (κ3) is 3.07. The van der Waals surface area contributed by atoms with E-state index in [-0.39, 0.29) is 17.9 Å². The fourth-order valence-electron chi connectivity index (χ4n) is 1.93. The summed E-state index contributed by atoms with van der Waals surface area (Å²) >= 11 is 0. The minimum absolute atomic E-state index is 0.109. The van der Waals surface area contributed by atoms with Crippen LogP contribution in [0.2, 0.25) is 0 Å². The topological polar surface area (TPSA) is 59.2 Å². The van der Waals surface area contributed by atoms with Crippen LogP contribution in [0.3, 0.4) is 0 Å². The molecule has 2 unspecified atom stereocenters. The van der Waals surface area contributed by atoms with Crippen molar-refractivity contribution in [3.8, 4) is 0 Å². The lowest BCUT2D eigenvalue weighted by Gasteiger charge is -2.27. The normalized spacial score (nSPS) is 18.2. The summed E-state index contributed by atoms with van der Waals surface area (Å²) in [5, 5.41) is 0. The van der Waals surface area contributed by atoms with Crippen LogP contribution < -0.4 is 5.73 Å². The highest BCUT2D eigenvalue weighted by atomic mass is 16.2. The molecule has 2 N–H and O–H groups in total. The Balaban J connectivity index is 2.07. The van der Waals surface area contributed by atoms with E-state index in [1.807, 2.05) is 36.9 Å². The second-order valence-electron chi connectivity index (χ2n) is 5.17. The number of hydrogen-bond acceptors (Lipinski definition) is 3. The smallest absolute Gasteiger partial charge is 0.227 e. The van der Waals surface area contributed by atoms with Crippen LogP contribution >= 0.6 is 0 Å². The van der Waals surface area contributed by atoms with Crippen molar-refractivity contribution in [3.05, 3.63) is 30.1 Å². The molecule has 18 heavy (non-hydrogen) atoms. The van der Waals surface area contributed by atoms with Crippen LogP contribution in [-0.2, 0) is 11.3 Å². The van der Waals surface area contributed by atoms with Crippen LogP contribution in [0.5, 0.6) is 0 Å². The van der Waals surface area contributed by atoms with E-state index < -0.39 is 0 Å². The Morgan fingerprint density at radius 2 is 2.22 bits per heavy atom. The summed E-state index contributed by atoms with van der Waals surface area (Å²) in [6, 6.07) is 6.08. The van der Waals surface area contributed by atoms with Crippen molar-refractivity contribution in [2.75, 3.05) is 0 Å². The molecule has 1 aliphatic carbocycles. The molecule has 0 aliphatic heterocycles. The first kappa shape index (κ1) is 13.0. The van der Waals surface area contributed by atoms with Crippen molar-refractivity contribution >= 4 is 5.91 Å². The molecule has 1 fully saturated rings. The first-order valence-electron chi connectivity index (χ1n) is 6.55. The molecule has 2 atom stereocenters. The number of rotatable bonds is 5. The minimum Gasteiger partial charge on any atom is -0.334 e. The van der Waals surface area contributed by atoms with E-state index in [1.165, 1.54) is 0 Å². The Kier molecular flexibility index (Phi) is 3.97. The molecular weight excluding hydrogens is 226 g/mol. The lowest BCUT2D eigenvalue weighted by molar-refractivity contribution is -0.136. The minimum atomic E-state index is -0.130. The molecule has 0 radical (unpaired) electrons. The summed E-state index contributed by atoms with van der Waals surface area (Å²) in [6.07, 6.45) is 3.97. The number of pyridine rings is 1. The fourth-order valence-corrected chi connectivity index (χ4v) is 1.93. The molecule has 1 aliphatic rings. The molecular formula is C14H21N3O. The maximum Gasteiger partial charge on any atom is 0.227 e. The number of aromatic nitrogens is 1. The lowest BCUT2D eigenvalue weighted by atomic mass is 10.0. The van der Waals surface area contributed by atoms with Gasteiger partial charge in [-0.3, -0.25) is 9.78 Å². The number of carbonyl (C=O) groups excluding carboxylic acids is 1. The van der Waals surface area contributed by atoms with Crippen LogP contribution in [0.25, 0.3) is 0 Å². The largest absolute Gasteiger partial charge is 0.334 e. The van der Waals surface area contributed by atoms with Gasteiger partial charge in [0.15, 0.2) is 0 Å². The monoisotopic (exact) mass is 247 g/mol. The molecule has 1 amide bonds. The van der Waals surface area contributed by atoms with E-state index in [2.05, 4.69) is 4.98 Å². The molecule has 0 saturated heterocycles. The van der Waals surface area contributed by atoms with Crippen molar-refractivity contribution in [1.29, 1.82) is 0 Å². The SMILES string of the molecule is CC(N)C(C)C(=O)N(Cc1ccccn1)C1CC1. The quantitative estimate of drug-likeness (QED) is 0.859. The summed E-state index contributed by atoms with van der Waals surface area (Å²) in [6.45, 7) is 4.39. The molecule has 0 aromatic carbocycles. The second-order valence-corrected chi connectivity index (χ2v) is 5.17. The van der Waals surface area contributed by atoms with Gasteiger partial charge < -0.3 is 10.6 Å². The molecule has 1 heterocycles. The van der Waals surface area contributed by atoms with Gasteiger partial charge in [0.1, 0.15) is 0 Å². The Bertz CT molecular complexity index is 401. The highest BCUT2D eigenvalue weighted by Gasteiger charge is 2.35. The van der Waals surface area contributed by atoms with Gasteiger partial charge >= 0.3 is 0 Å². The van der Waals surface area contributed by atoms with Crippen LogP contribution in [0, 0.1) is 5.92 Å². The number of nitrogens with zero attached hydrogens (tertiary/aromatic N) is 2. The summed E-state index contributed by atoms with van der Waals surface area (Å²) in [7, 11) is 0. The Morgan fingerprint density at radius 3 is 2.72 bits per heavy atom. The van der Waals surface area contributed by atoms with E-state index in [0.717, 1.165) is 18.5 Å². The molecule has 98 valence electrons. The first-order chi connectivity index (χ1) is 8.59. The third-order valence-corrected chi connectivity index (χ3v) is 3.51. The van der Waals surface area contributed by atoms with Gasteiger partial charge in [0.2, 0.25) is 5.91 Å². The average Bonchev–Trinajstić information content (AvgIpc) is 3.19. The zero-order valence-electron chi connectivity index (χ0n) is 11.0. The molecule has 1 aromatic heterocycles. The Labute approximate surface area is 108 Å². The van der Waals surface area contributed by atoms with E-state index in [0.29, 0.717) is 12.6 Å². The first-order valence-corrected chi connectivity index (χ1v) is 6.55. The Morgan fingerprint density at radius 1 is 1.50 bits per heavy atom. The molecule has 1 saturated carbocycles. The van der Waals surface area contributed by atoms with Gasteiger partial charge in [0, 0.05) is 18.3 Å². The third-order valence-electron chi connectivity index (χ3n) is 3.51. The second kappa shape index (κ2) is 5.48. The van der Waals surface area contributed by atoms with Crippen molar-refractivity contribution in [2.45, 2.75) is 45.3 Å². The number of amides is 1. The molecule has 4 nitrogen and oxygen atoms in total. The van der Waals surface area contributed by atoms with Crippen LogP contribution in [0.4, 0.5) is 0 Å². The molecule has 4 heteroatoms. The van der Waals surface area contributed by atoms with Gasteiger partial charge in [0.25, 0.3) is 0 Å². The van der Waals surface area contributed by atoms with Crippen LogP contribution in [0.1, 0.15) is 32.4 Å². The van der Waals surface area contributed by atoms with Gasteiger partial charge in [-0.25, -0.2) is 0 Å². The highest BCUT2D eigenvalue weighted by Crippen LogP contribution is 2.29. The summed E-state index contributed by atoms with van der Waals surface area (Å²) in [5.74, 6) is 0.0208. The van der Waals surface area contributed by atoms with Gasteiger partial charge in [-0.1, -0.05) is 13.0 Å². The van der Waals surface area contributed by atoms with E-state index >= 15 is 0 Å². The maximum atomic E-state index is 12.4. The van der Waals surface area contributed by atoms with E-state index in [9.17, 15) is 4.79 Å². The van der Waals surface area contributed by atoms with Crippen LogP contribution in [0.15, 0.2) is 24.4 Å². The van der Waals surface area contributed by atoms with E-state index in [4.69, 9.17) is 5.73 Å². The molecule has 0 spiro atoms. The van der Waals surface area contributed by atoms with Gasteiger partial charge in [-0.15, -0.1) is 0 Å². The number of nitrogens with two attached hydrogens (primary N) is 1. The molecule has 0 bridgehead atoms. The van der Waals surface area contributed by atoms with Gasteiger partial charge in [-0.05, 0) is 31.9 Å². The van der Waals surface area contributed by atoms with Crippen molar-refractivity contribution in [1.82, 2.24) is 9.88 Å². The summed E-state index contributed by atoms with van der Waals surface area (Å²) in [5.41, 5.74) is 6.76. The fraction of sp³-hybridized carbons (Fsp3) is 0.571. The van der Waals surface area contributed by atoms with Crippen LogP contribution in [-0.4, -0.2) is 27.9 Å². The number of carbonyl (C=O) groups is 1. The lowest BCUT2D eigenvalue weighted by Crippen LogP contribution is -2.42. The maximum absolute atomic E-state index is 12.4. The van der Waals surface area contributed by atoms with Crippen molar-refractivity contribution in [3.63, 3.8) is 0 Å². The van der Waals surface area contributed by atoms with Gasteiger partial charge in [0.05, 0.1) is 18.2 Å². The summed E-state index contributed by atoms with van der Waals surface area (Å²) < 4.78 is 0. The molecule has 2 rings (SSSR count). The number of hydrogen-bond donors (Lipinski definition) is 1. The van der Waals surface area contributed by atoms with Crippen molar-refractivity contribution in [2.24, 2.45) is 11.7 Å². The standard InChI is InChI=1S/C14H21N3O/c1-10(11(2)15)14(18)17(13-6-7-13)9-12-5-3-4-8-16-12/h3-5,8,10-11,13H,6-7,9,15H2,1-2H3. The molecule has 1 aromatic rings. The Hall–Kier alpha value is -1.42. The predicted octanol–water partition coefficient (Wildman–Crippen LogP) is 1.56. The van der Waals surface area contributed by atoms with Crippen molar-refractivity contribution < 1.29 is 4.79 Å². The van der Waals surface area contributed by atoms with E-state index in [1.54, 1.807) is 6.20 Å². The zero-order chi connectivity index (χ0) is 13.1. The predicted molar refractivity (Wildman–Crippen MR) is 70.6 cm³/mol. The zero-order valence-corrected chi connectivity index (χ0v) is 11.0. The highest BCUT2D eigenvalue weighted by molar-refractivity contribution is 5.79. The average molecular weight is 247 g/mol.